The fraction of sp³-hybridized carbons (Fsp3) is 0.143. The molecule has 0 fully saturated rings. The van der Waals surface area contributed by atoms with Crippen LogP contribution < -0.4 is 16.6 Å². The summed E-state index contributed by atoms with van der Waals surface area (Å²) in [4.78, 5) is 23.4. The SMILES string of the molecule is Cc1ccc(N)cc1C(=O)Nc1ccc(=O)n(C)c1. The number of rotatable bonds is 2. The van der Waals surface area contributed by atoms with E-state index >= 15 is 0 Å². The lowest BCUT2D eigenvalue weighted by atomic mass is 10.1. The van der Waals surface area contributed by atoms with Gasteiger partial charge in [0, 0.05) is 30.6 Å². The second-order valence-electron chi connectivity index (χ2n) is 4.40. The number of hydrogen-bond donors (Lipinski definition) is 2. The van der Waals surface area contributed by atoms with Crippen LogP contribution in [0.15, 0.2) is 41.3 Å². The molecule has 0 aliphatic carbocycles. The summed E-state index contributed by atoms with van der Waals surface area (Å²) < 4.78 is 1.40. The van der Waals surface area contributed by atoms with Gasteiger partial charge in [0.1, 0.15) is 0 Å². The minimum Gasteiger partial charge on any atom is -0.399 e. The fourth-order valence-electron chi connectivity index (χ4n) is 1.75. The Bertz CT molecular complexity index is 689. The van der Waals surface area contributed by atoms with Crippen molar-refractivity contribution in [3.05, 3.63) is 58.0 Å². The maximum absolute atomic E-state index is 12.1. The number of pyridine rings is 1. The fourth-order valence-corrected chi connectivity index (χ4v) is 1.75. The summed E-state index contributed by atoms with van der Waals surface area (Å²) >= 11 is 0. The lowest BCUT2D eigenvalue weighted by molar-refractivity contribution is 0.102. The molecule has 5 nitrogen and oxygen atoms in total. The van der Waals surface area contributed by atoms with Gasteiger partial charge in [0.05, 0.1) is 5.69 Å². The minimum atomic E-state index is -0.247. The molecule has 2 aromatic rings. The van der Waals surface area contributed by atoms with E-state index in [0.717, 1.165) is 5.56 Å². The summed E-state index contributed by atoms with van der Waals surface area (Å²) in [6.07, 6.45) is 1.57. The molecular weight excluding hydrogens is 242 g/mol. The van der Waals surface area contributed by atoms with Crippen LogP contribution in [0, 0.1) is 6.92 Å². The van der Waals surface area contributed by atoms with E-state index < -0.39 is 0 Å². The lowest BCUT2D eigenvalue weighted by Gasteiger charge is -2.09. The van der Waals surface area contributed by atoms with Gasteiger partial charge in [-0.3, -0.25) is 9.59 Å². The van der Waals surface area contributed by atoms with Gasteiger partial charge < -0.3 is 15.6 Å². The zero-order valence-corrected chi connectivity index (χ0v) is 10.8. The number of nitrogen functional groups attached to an aromatic ring is 1. The first-order chi connectivity index (χ1) is 8.97. The van der Waals surface area contributed by atoms with Crippen LogP contribution in [0.5, 0.6) is 0 Å². The highest BCUT2D eigenvalue weighted by Crippen LogP contribution is 2.14. The number of nitrogens with zero attached hydrogens (tertiary/aromatic N) is 1. The second kappa shape index (κ2) is 4.97. The van der Waals surface area contributed by atoms with Crippen molar-refractivity contribution in [1.29, 1.82) is 0 Å². The van der Waals surface area contributed by atoms with Crippen LogP contribution in [-0.2, 0) is 7.05 Å². The predicted molar refractivity (Wildman–Crippen MR) is 75.2 cm³/mol. The highest BCUT2D eigenvalue weighted by molar-refractivity contribution is 6.05. The van der Waals surface area contributed by atoms with Crippen LogP contribution in [0.1, 0.15) is 15.9 Å². The van der Waals surface area contributed by atoms with Crippen molar-refractivity contribution in [1.82, 2.24) is 4.57 Å². The van der Waals surface area contributed by atoms with Crippen LogP contribution in [0.4, 0.5) is 11.4 Å². The van der Waals surface area contributed by atoms with Gasteiger partial charge in [-0.2, -0.15) is 0 Å². The quantitative estimate of drug-likeness (QED) is 0.801. The van der Waals surface area contributed by atoms with Crippen molar-refractivity contribution in [3.63, 3.8) is 0 Å². The first-order valence-corrected chi connectivity index (χ1v) is 5.81. The molecule has 0 unspecified atom stereocenters. The topological polar surface area (TPSA) is 77.1 Å². The Labute approximate surface area is 110 Å². The van der Waals surface area contributed by atoms with Crippen molar-refractivity contribution in [2.24, 2.45) is 7.05 Å². The zero-order valence-electron chi connectivity index (χ0n) is 10.8. The van der Waals surface area contributed by atoms with Crippen LogP contribution in [-0.4, -0.2) is 10.5 Å². The number of carbonyl (C=O) groups is 1. The first kappa shape index (κ1) is 12.9. The number of aryl methyl sites for hydroxylation is 2. The van der Waals surface area contributed by atoms with Crippen molar-refractivity contribution < 1.29 is 4.79 Å². The van der Waals surface area contributed by atoms with Crippen molar-refractivity contribution in [2.45, 2.75) is 6.92 Å². The Balaban J connectivity index is 2.28. The summed E-state index contributed by atoms with van der Waals surface area (Å²) in [6, 6.07) is 8.15. The lowest BCUT2D eigenvalue weighted by Crippen LogP contribution is -2.18. The molecule has 1 aromatic carbocycles. The Hall–Kier alpha value is -2.56. The Morgan fingerprint density at radius 1 is 1.26 bits per heavy atom. The molecule has 0 saturated carbocycles. The van der Waals surface area contributed by atoms with Gasteiger partial charge in [-0.15, -0.1) is 0 Å². The van der Waals surface area contributed by atoms with Gasteiger partial charge in [-0.25, -0.2) is 0 Å². The number of aromatic nitrogens is 1. The van der Waals surface area contributed by atoms with E-state index in [-0.39, 0.29) is 11.5 Å². The van der Waals surface area contributed by atoms with Gasteiger partial charge in [0.25, 0.3) is 5.91 Å². The van der Waals surface area contributed by atoms with E-state index in [1.54, 1.807) is 37.5 Å². The van der Waals surface area contributed by atoms with Crippen LogP contribution in [0.25, 0.3) is 0 Å². The Kier molecular flexibility index (Phi) is 3.37. The van der Waals surface area contributed by atoms with Gasteiger partial charge in [0.15, 0.2) is 0 Å². The Morgan fingerprint density at radius 3 is 2.68 bits per heavy atom. The third-order valence-electron chi connectivity index (χ3n) is 2.85. The van der Waals surface area contributed by atoms with Gasteiger partial charge in [0.2, 0.25) is 5.56 Å². The normalized spacial score (nSPS) is 10.2. The summed E-state index contributed by atoms with van der Waals surface area (Å²) in [5.41, 5.74) is 8.02. The average Bonchev–Trinajstić information content (AvgIpc) is 2.36. The summed E-state index contributed by atoms with van der Waals surface area (Å²) in [6.45, 7) is 1.84. The van der Waals surface area contributed by atoms with Crippen LogP contribution >= 0.6 is 0 Å². The molecule has 19 heavy (non-hydrogen) atoms. The third kappa shape index (κ3) is 2.82. The zero-order chi connectivity index (χ0) is 14.0. The number of carbonyl (C=O) groups excluding carboxylic acids is 1. The number of anilines is 2. The average molecular weight is 257 g/mol. The first-order valence-electron chi connectivity index (χ1n) is 5.81. The standard InChI is InChI=1S/C14H15N3O2/c1-9-3-4-10(15)7-12(9)14(19)16-11-5-6-13(18)17(2)8-11/h3-8H,15H2,1-2H3,(H,16,19). The van der Waals surface area contributed by atoms with Gasteiger partial charge in [-0.1, -0.05) is 6.07 Å². The molecule has 1 amide bonds. The number of hydrogen-bond acceptors (Lipinski definition) is 3. The Morgan fingerprint density at radius 2 is 2.00 bits per heavy atom. The molecule has 0 aliphatic rings. The molecule has 98 valence electrons. The minimum absolute atomic E-state index is 0.127. The van der Waals surface area contributed by atoms with Gasteiger partial charge in [-0.05, 0) is 30.7 Å². The smallest absolute Gasteiger partial charge is 0.256 e. The van der Waals surface area contributed by atoms with E-state index in [4.69, 9.17) is 5.73 Å². The van der Waals surface area contributed by atoms with Crippen LogP contribution in [0.2, 0.25) is 0 Å². The molecule has 0 spiro atoms. The van der Waals surface area contributed by atoms with E-state index in [2.05, 4.69) is 5.32 Å². The molecule has 0 atom stereocenters. The van der Waals surface area contributed by atoms with Gasteiger partial charge >= 0.3 is 0 Å². The highest BCUT2D eigenvalue weighted by Gasteiger charge is 2.10. The van der Waals surface area contributed by atoms with Crippen molar-refractivity contribution in [3.8, 4) is 0 Å². The van der Waals surface area contributed by atoms with E-state index in [1.807, 2.05) is 6.92 Å². The van der Waals surface area contributed by atoms with Crippen molar-refractivity contribution >= 4 is 17.3 Å². The monoisotopic (exact) mass is 257 g/mol. The second-order valence-corrected chi connectivity index (χ2v) is 4.40. The maximum Gasteiger partial charge on any atom is 0.256 e. The molecule has 1 aromatic heterocycles. The highest BCUT2D eigenvalue weighted by atomic mass is 16.1. The number of nitrogens with one attached hydrogen (secondary N) is 1. The molecule has 1 heterocycles. The molecule has 0 bridgehead atoms. The predicted octanol–water partition coefficient (Wildman–Crippen LogP) is 1.53. The molecule has 3 N–H and O–H groups in total. The molecule has 2 rings (SSSR count). The summed E-state index contributed by atoms with van der Waals surface area (Å²) in [7, 11) is 1.63. The molecule has 0 aliphatic heterocycles. The molecular formula is C14H15N3O2. The molecule has 5 heteroatoms. The number of amides is 1. The number of benzene rings is 1. The van der Waals surface area contributed by atoms with E-state index in [1.165, 1.54) is 10.6 Å². The maximum atomic E-state index is 12.1. The van der Waals surface area contributed by atoms with Crippen molar-refractivity contribution in [2.75, 3.05) is 11.1 Å². The largest absolute Gasteiger partial charge is 0.399 e. The number of nitrogens with two attached hydrogens (primary N) is 1. The third-order valence-corrected chi connectivity index (χ3v) is 2.85. The van der Waals surface area contributed by atoms with E-state index in [0.29, 0.717) is 16.9 Å². The summed E-state index contributed by atoms with van der Waals surface area (Å²) in [5, 5.41) is 2.74. The molecule has 0 saturated heterocycles. The van der Waals surface area contributed by atoms with Crippen LogP contribution in [0.3, 0.4) is 0 Å². The van der Waals surface area contributed by atoms with E-state index in [9.17, 15) is 9.59 Å². The molecule has 0 radical (unpaired) electrons. The summed E-state index contributed by atoms with van der Waals surface area (Å²) in [5.74, 6) is -0.247.